The molecule has 0 radical (unpaired) electrons. The Kier molecular flexibility index (Phi) is 5.20. The van der Waals surface area contributed by atoms with Crippen molar-refractivity contribution in [1.29, 1.82) is 0 Å². The fraction of sp³-hybridized carbons (Fsp3) is 0.280. The van der Waals surface area contributed by atoms with E-state index in [0.29, 0.717) is 5.92 Å². The second kappa shape index (κ2) is 8.28. The predicted molar refractivity (Wildman–Crippen MR) is 120 cm³/mol. The second-order valence-corrected chi connectivity index (χ2v) is 8.20. The lowest BCUT2D eigenvalue weighted by Gasteiger charge is -2.32. The van der Waals surface area contributed by atoms with E-state index in [1.165, 1.54) is 40.9 Å². The number of aryl methyl sites for hydroxylation is 1. The predicted octanol–water partition coefficient (Wildman–Crippen LogP) is 4.95. The molecule has 4 heterocycles. The smallest absolute Gasteiger partial charge is 0.136 e. The summed E-state index contributed by atoms with van der Waals surface area (Å²) in [6.07, 6.45) is 8.32. The Bertz CT molecular complexity index is 1090. The van der Waals surface area contributed by atoms with Gasteiger partial charge in [-0.3, -0.25) is 10.00 Å². The number of nitrogens with zero attached hydrogens (tertiary/aromatic N) is 4. The minimum Gasteiger partial charge on any atom is -0.304 e. The summed E-state index contributed by atoms with van der Waals surface area (Å²) in [7, 11) is 0. The van der Waals surface area contributed by atoms with E-state index in [2.05, 4.69) is 80.2 Å². The van der Waals surface area contributed by atoms with Crippen molar-refractivity contribution in [3.05, 3.63) is 90.1 Å². The van der Waals surface area contributed by atoms with Gasteiger partial charge in [0.15, 0.2) is 0 Å². The van der Waals surface area contributed by atoms with Crippen LogP contribution < -0.4 is 0 Å². The molecule has 3 aromatic heterocycles. The zero-order valence-corrected chi connectivity index (χ0v) is 17.3. The van der Waals surface area contributed by atoms with Crippen LogP contribution in [0, 0.1) is 6.92 Å². The van der Waals surface area contributed by atoms with Gasteiger partial charge in [-0.15, -0.1) is 0 Å². The van der Waals surface area contributed by atoms with E-state index in [1.54, 1.807) is 0 Å². The molecule has 1 atom stereocenters. The van der Waals surface area contributed by atoms with Crippen molar-refractivity contribution in [2.24, 2.45) is 0 Å². The number of likely N-dealkylation sites (tertiary alicyclic amines) is 1. The van der Waals surface area contributed by atoms with Gasteiger partial charge in [-0.1, -0.05) is 35.9 Å². The number of aromatic nitrogens is 4. The van der Waals surface area contributed by atoms with Gasteiger partial charge in [0, 0.05) is 48.4 Å². The highest BCUT2D eigenvalue weighted by Gasteiger charge is 2.25. The first-order chi connectivity index (χ1) is 14.8. The highest BCUT2D eigenvalue weighted by molar-refractivity contribution is 5.66. The van der Waals surface area contributed by atoms with Crippen LogP contribution in [0.3, 0.4) is 0 Å². The number of hydrogen-bond acceptors (Lipinski definition) is 3. The van der Waals surface area contributed by atoms with Crippen LogP contribution in [0.4, 0.5) is 0 Å². The van der Waals surface area contributed by atoms with Crippen molar-refractivity contribution < 1.29 is 0 Å². The molecule has 1 fully saturated rings. The first-order valence-corrected chi connectivity index (χ1v) is 10.7. The highest BCUT2D eigenvalue weighted by Crippen LogP contribution is 2.33. The fourth-order valence-corrected chi connectivity index (χ4v) is 4.50. The number of benzene rings is 1. The first-order valence-electron chi connectivity index (χ1n) is 10.7. The van der Waals surface area contributed by atoms with Crippen LogP contribution in [-0.2, 0) is 6.54 Å². The molecule has 1 aliphatic heterocycles. The van der Waals surface area contributed by atoms with Crippen LogP contribution in [0.2, 0.25) is 0 Å². The van der Waals surface area contributed by atoms with E-state index in [1.807, 2.05) is 24.5 Å². The quantitative estimate of drug-likeness (QED) is 0.518. The number of nitrogens with one attached hydrogen (secondary N) is 1. The van der Waals surface area contributed by atoms with Gasteiger partial charge in [-0.2, -0.15) is 5.10 Å². The van der Waals surface area contributed by atoms with E-state index < -0.39 is 0 Å². The van der Waals surface area contributed by atoms with Crippen LogP contribution in [0.5, 0.6) is 0 Å². The maximum atomic E-state index is 4.51. The van der Waals surface area contributed by atoms with Gasteiger partial charge >= 0.3 is 0 Å². The number of piperidine rings is 1. The minimum absolute atomic E-state index is 0.468. The van der Waals surface area contributed by atoms with Crippen molar-refractivity contribution >= 4 is 0 Å². The molecular formula is C25H27N5. The third-order valence-electron chi connectivity index (χ3n) is 6.06. The normalized spacial score (nSPS) is 17.3. The van der Waals surface area contributed by atoms with Gasteiger partial charge in [-0.05, 0) is 56.1 Å². The molecule has 4 aromatic rings. The summed E-state index contributed by atoms with van der Waals surface area (Å²) in [5.74, 6) is 1.44. The Labute approximate surface area is 177 Å². The molecule has 0 amide bonds. The Morgan fingerprint density at radius 1 is 1.07 bits per heavy atom. The Hall–Kier alpha value is -3.18. The lowest BCUT2D eigenvalue weighted by molar-refractivity contribution is 0.195. The summed E-state index contributed by atoms with van der Waals surface area (Å²) in [5.41, 5.74) is 6.30. The lowest BCUT2D eigenvalue weighted by atomic mass is 9.90. The number of H-pyrrole nitrogens is 1. The van der Waals surface area contributed by atoms with Crippen molar-refractivity contribution in [3.8, 4) is 16.9 Å². The molecule has 0 spiro atoms. The molecule has 1 N–H and O–H groups in total. The SMILES string of the molecule is Cc1ccc(-c2cn[nH]c2C2CCCN(Cc3cccn3-c3ccccn3)C2)cc1. The molecule has 5 heteroatoms. The molecule has 5 rings (SSSR count). The van der Waals surface area contributed by atoms with Crippen LogP contribution in [0.25, 0.3) is 16.9 Å². The van der Waals surface area contributed by atoms with Gasteiger partial charge in [-0.25, -0.2) is 4.98 Å². The molecule has 1 saturated heterocycles. The Balaban J connectivity index is 1.34. The molecule has 0 aliphatic carbocycles. The van der Waals surface area contributed by atoms with Gasteiger partial charge in [0.2, 0.25) is 0 Å². The topological polar surface area (TPSA) is 49.7 Å². The lowest BCUT2D eigenvalue weighted by Crippen LogP contribution is -2.34. The number of pyridine rings is 1. The Morgan fingerprint density at radius 2 is 1.97 bits per heavy atom. The van der Waals surface area contributed by atoms with Gasteiger partial charge < -0.3 is 4.57 Å². The molecular weight excluding hydrogens is 370 g/mol. The average molecular weight is 398 g/mol. The number of rotatable bonds is 5. The minimum atomic E-state index is 0.468. The fourth-order valence-electron chi connectivity index (χ4n) is 4.50. The van der Waals surface area contributed by atoms with E-state index >= 15 is 0 Å². The molecule has 1 aromatic carbocycles. The van der Waals surface area contributed by atoms with Crippen LogP contribution in [0.1, 0.15) is 35.7 Å². The van der Waals surface area contributed by atoms with Crippen molar-refractivity contribution in [1.82, 2.24) is 24.6 Å². The van der Waals surface area contributed by atoms with Gasteiger partial charge in [0.05, 0.1) is 6.20 Å². The van der Waals surface area contributed by atoms with E-state index in [9.17, 15) is 0 Å². The second-order valence-electron chi connectivity index (χ2n) is 8.20. The number of aromatic amines is 1. The van der Waals surface area contributed by atoms with Crippen LogP contribution in [-0.4, -0.2) is 37.7 Å². The third kappa shape index (κ3) is 3.81. The molecule has 1 aliphatic rings. The third-order valence-corrected chi connectivity index (χ3v) is 6.06. The molecule has 0 bridgehead atoms. The summed E-state index contributed by atoms with van der Waals surface area (Å²) < 4.78 is 2.19. The van der Waals surface area contributed by atoms with Crippen molar-refractivity contribution in [2.75, 3.05) is 13.1 Å². The molecule has 5 nitrogen and oxygen atoms in total. The van der Waals surface area contributed by atoms with Crippen molar-refractivity contribution in [2.45, 2.75) is 32.2 Å². The number of hydrogen-bond donors (Lipinski definition) is 1. The maximum Gasteiger partial charge on any atom is 0.136 e. The largest absolute Gasteiger partial charge is 0.304 e. The average Bonchev–Trinajstić information content (AvgIpc) is 3.45. The van der Waals surface area contributed by atoms with Crippen LogP contribution >= 0.6 is 0 Å². The van der Waals surface area contributed by atoms with E-state index in [4.69, 9.17) is 0 Å². The van der Waals surface area contributed by atoms with Gasteiger partial charge in [0.25, 0.3) is 0 Å². The Morgan fingerprint density at radius 3 is 2.80 bits per heavy atom. The van der Waals surface area contributed by atoms with E-state index in [0.717, 1.165) is 25.5 Å². The zero-order valence-electron chi connectivity index (χ0n) is 17.3. The van der Waals surface area contributed by atoms with E-state index in [-0.39, 0.29) is 0 Å². The summed E-state index contributed by atoms with van der Waals surface area (Å²) in [5, 5.41) is 7.71. The summed E-state index contributed by atoms with van der Waals surface area (Å²) >= 11 is 0. The molecule has 0 saturated carbocycles. The van der Waals surface area contributed by atoms with Gasteiger partial charge in [0.1, 0.15) is 5.82 Å². The zero-order chi connectivity index (χ0) is 20.3. The standard InChI is InChI=1S/C25H27N5/c1-19-9-11-20(12-10-19)23-16-27-28-25(23)21-6-4-14-29(17-21)18-22-7-5-15-30(22)24-8-2-3-13-26-24/h2-3,5,7-13,15-16,21H,4,6,14,17-18H2,1H3,(H,27,28). The molecule has 152 valence electrons. The summed E-state index contributed by atoms with van der Waals surface area (Å²) in [6, 6.07) is 19.1. The summed E-state index contributed by atoms with van der Waals surface area (Å²) in [6.45, 7) is 5.21. The monoisotopic (exact) mass is 397 g/mol. The molecule has 1 unspecified atom stereocenters. The molecule has 30 heavy (non-hydrogen) atoms. The van der Waals surface area contributed by atoms with Crippen molar-refractivity contribution in [3.63, 3.8) is 0 Å². The van der Waals surface area contributed by atoms with Crippen LogP contribution in [0.15, 0.2) is 73.2 Å². The highest BCUT2D eigenvalue weighted by atomic mass is 15.2. The maximum absolute atomic E-state index is 4.51. The summed E-state index contributed by atoms with van der Waals surface area (Å²) in [4.78, 5) is 7.07. The first kappa shape index (κ1) is 18.8.